The highest BCUT2D eigenvalue weighted by atomic mass is 35.5. The van der Waals surface area contributed by atoms with Gasteiger partial charge in [-0.1, -0.05) is 34.8 Å². The molecule has 0 saturated carbocycles. The number of halogens is 3. The Hall–Kier alpha value is -2.02. The van der Waals surface area contributed by atoms with Crippen LogP contribution < -0.4 is 15.4 Å². The van der Waals surface area contributed by atoms with Gasteiger partial charge >= 0.3 is 0 Å². The molecule has 1 aliphatic rings. The van der Waals surface area contributed by atoms with Crippen LogP contribution in [0.3, 0.4) is 0 Å². The van der Waals surface area contributed by atoms with Gasteiger partial charge in [0.05, 0.1) is 15.7 Å². The molecule has 1 aromatic carbocycles. The monoisotopic (exact) mass is 385 g/mol. The minimum absolute atomic E-state index is 0.0746. The van der Waals surface area contributed by atoms with Crippen molar-refractivity contribution < 1.29 is 14.3 Å². The summed E-state index contributed by atoms with van der Waals surface area (Å²) in [6.07, 6.45) is 1.32. The van der Waals surface area contributed by atoms with Crippen LogP contribution in [0, 0.1) is 0 Å². The molecule has 124 valence electrons. The first-order chi connectivity index (χ1) is 11.3. The minimum atomic E-state index is -1.80. The van der Waals surface area contributed by atoms with E-state index in [1.807, 2.05) is 0 Å². The van der Waals surface area contributed by atoms with Gasteiger partial charge in [0.15, 0.2) is 5.82 Å². The molecule has 0 radical (unpaired) electrons. The Bertz CT molecular complexity index is 859. The first-order valence-corrected chi connectivity index (χ1v) is 7.85. The Morgan fingerprint density at radius 1 is 1.25 bits per heavy atom. The third-order valence-corrected chi connectivity index (χ3v) is 4.14. The second-order valence-corrected chi connectivity index (χ2v) is 6.45. The van der Waals surface area contributed by atoms with Crippen LogP contribution >= 0.6 is 34.8 Å². The average molecular weight is 387 g/mol. The lowest BCUT2D eigenvalue weighted by Crippen LogP contribution is -2.56. The Morgan fingerprint density at radius 3 is 2.71 bits per heavy atom. The number of nitrogens with zero attached hydrogens (tertiary/aromatic N) is 1. The molecule has 6 nitrogen and oxygen atoms in total. The van der Waals surface area contributed by atoms with E-state index in [0.29, 0.717) is 21.5 Å². The first kappa shape index (κ1) is 16.8. The molecular weight excluding hydrogens is 377 g/mol. The molecule has 0 bridgehead atoms. The van der Waals surface area contributed by atoms with Crippen LogP contribution in [0.15, 0.2) is 30.5 Å². The summed E-state index contributed by atoms with van der Waals surface area (Å²) in [6.45, 7) is 1.35. The highest BCUT2D eigenvalue weighted by molar-refractivity contribution is 6.36. The molecule has 0 fully saturated rings. The fourth-order valence-corrected chi connectivity index (χ4v) is 2.68. The Kier molecular flexibility index (Phi) is 4.29. The fourth-order valence-electron chi connectivity index (χ4n) is 2.08. The van der Waals surface area contributed by atoms with Crippen molar-refractivity contribution in [3.63, 3.8) is 0 Å². The van der Waals surface area contributed by atoms with Gasteiger partial charge in [-0.2, -0.15) is 0 Å². The zero-order valence-electron chi connectivity index (χ0n) is 12.2. The minimum Gasteiger partial charge on any atom is -0.466 e. The highest BCUT2D eigenvalue weighted by Crippen LogP contribution is 2.36. The number of pyridine rings is 1. The lowest BCUT2D eigenvalue weighted by molar-refractivity contribution is -0.143. The molecule has 1 aromatic heterocycles. The topological polar surface area (TPSA) is 80.3 Å². The van der Waals surface area contributed by atoms with E-state index in [4.69, 9.17) is 39.5 Å². The number of fused-ring (bicyclic) bond motifs is 1. The molecule has 0 saturated heterocycles. The van der Waals surface area contributed by atoms with Crippen LogP contribution in [0.2, 0.25) is 15.1 Å². The highest BCUT2D eigenvalue weighted by Gasteiger charge is 2.47. The molecule has 2 aromatic rings. The molecule has 9 heteroatoms. The van der Waals surface area contributed by atoms with Crippen molar-refractivity contribution in [2.24, 2.45) is 0 Å². The van der Waals surface area contributed by atoms with Gasteiger partial charge in [0, 0.05) is 11.2 Å². The van der Waals surface area contributed by atoms with Gasteiger partial charge in [0.25, 0.3) is 17.4 Å². The second kappa shape index (κ2) is 6.12. The molecule has 3 rings (SSSR count). The van der Waals surface area contributed by atoms with Gasteiger partial charge < -0.3 is 15.4 Å². The molecule has 0 aliphatic carbocycles. The van der Waals surface area contributed by atoms with Gasteiger partial charge in [-0.25, -0.2) is 4.98 Å². The Balaban J connectivity index is 1.88. The van der Waals surface area contributed by atoms with E-state index in [1.54, 1.807) is 12.1 Å². The predicted octanol–water partition coefficient (Wildman–Crippen LogP) is 3.77. The summed E-state index contributed by atoms with van der Waals surface area (Å²) in [5, 5.41) is 5.96. The van der Waals surface area contributed by atoms with Gasteiger partial charge in [-0.15, -0.1) is 0 Å². The standard InChI is InChI=1S/C15H10Cl3N3O3/c1-15(14(23)21-12-9(18)4-8(17)6-19-12)13(22)20-10-5-7(16)2-3-11(10)24-15/h2-6H,1H3,(H,20,22)(H,19,21,23). The maximum atomic E-state index is 12.6. The summed E-state index contributed by atoms with van der Waals surface area (Å²) in [5.74, 6) is -0.963. The molecule has 2 N–H and O–H groups in total. The maximum Gasteiger partial charge on any atom is 0.279 e. The van der Waals surface area contributed by atoms with Crippen LogP contribution in [0.25, 0.3) is 0 Å². The largest absolute Gasteiger partial charge is 0.466 e. The third kappa shape index (κ3) is 3.00. The molecule has 1 aliphatic heterocycles. The number of carbonyl (C=O) groups excluding carboxylic acids is 2. The first-order valence-electron chi connectivity index (χ1n) is 6.72. The van der Waals surface area contributed by atoms with E-state index in [0.717, 1.165) is 0 Å². The number of hydrogen-bond acceptors (Lipinski definition) is 4. The zero-order chi connectivity index (χ0) is 17.5. The number of rotatable bonds is 2. The number of aromatic nitrogens is 1. The van der Waals surface area contributed by atoms with Crippen molar-refractivity contribution in [2.75, 3.05) is 10.6 Å². The Morgan fingerprint density at radius 2 is 2.00 bits per heavy atom. The van der Waals surface area contributed by atoms with E-state index < -0.39 is 17.4 Å². The van der Waals surface area contributed by atoms with E-state index in [1.165, 1.54) is 25.3 Å². The van der Waals surface area contributed by atoms with Crippen molar-refractivity contribution in [1.82, 2.24) is 4.98 Å². The summed E-state index contributed by atoms with van der Waals surface area (Å²) in [4.78, 5) is 28.8. The fraction of sp³-hybridized carbons (Fsp3) is 0.133. The predicted molar refractivity (Wildman–Crippen MR) is 92.0 cm³/mol. The molecule has 2 amide bonds. The number of nitrogens with one attached hydrogen (secondary N) is 2. The van der Waals surface area contributed by atoms with Gasteiger partial charge in [-0.3, -0.25) is 9.59 Å². The molecular formula is C15H10Cl3N3O3. The molecule has 2 heterocycles. The normalized spacial score (nSPS) is 19.1. The molecule has 1 atom stereocenters. The number of amides is 2. The van der Waals surface area contributed by atoms with Crippen LogP contribution in [0.5, 0.6) is 5.75 Å². The maximum absolute atomic E-state index is 12.6. The Labute approximate surface area is 152 Å². The van der Waals surface area contributed by atoms with Crippen molar-refractivity contribution in [2.45, 2.75) is 12.5 Å². The lowest BCUT2D eigenvalue weighted by Gasteiger charge is -2.33. The van der Waals surface area contributed by atoms with Crippen molar-refractivity contribution in [3.05, 3.63) is 45.5 Å². The number of hydrogen-bond donors (Lipinski definition) is 2. The summed E-state index contributed by atoms with van der Waals surface area (Å²) < 4.78 is 5.60. The summed E-state index contributed by atoms with van der Waals surface area (Å²) in [7, 11) is 0. The second-order valence-electron chi connectivity index (χ2n) is 5.17. The number of benzene rings is 1. The number of anilines is 2. The quantitative estimate of drug-likeness (QED) is 0.770. The van der Waals surface area contributed by atoms with E-state index in [-0.39, 0.29) is 10.8 Å². The van der Waals surface area contributed by atoms with E-state index in [2.05, 4.69) is 15.6 Å². The summed E-state index contributed by atoms with van der Waals surface area (Å²) in [5.41, 5.74) is -1.41. The van der Waals surface area contributed by atoms with Gasteiger partial charge in [0.2, 0.25) is 0 Å². The third-order valence-electron chi connectivity index (χ3n) is 3.41. The van der Waals surface area contributed by atoms with Gasteiger partial charge in [-0.05, 0) is 31.2 Å². The number of carbonyl (C=O) groups is 2. The smallest absolute Gasteiger partial charge is 0.279 e. The summed E-state index contributed by atoms with van der Waals surface area (Å²) >= 11 is 17.6. The van der Waals surface area contributed by atoms with Gasteiger partial charge in [0.1, 0.15) is 5.75 Å². The summed E-state index contributed by atoms with van der Waals surface area (Å²) in [6, 6.07) is 6.11. The van der Waals surface area contributed by atoms with Crippen LogP contribution in [-0.4, -0.2) is 22.4 Å². The van der Waals surface area contributed by atoms with Crippen molar-refractivity contribution in [1.29, 1.82) is 0 Å². The van der Waals surface area contributed by atoms with Crippen LogP contribution in [0.4, 0.5) is 11.5 Å². The molecule has 0 spiro atoms. The lowest BCUT2D eigenvalue weighted by atomic mass is 10.0. The van der Waals surface area contributed by atoms with Crippen LogP contribution in [0.1, 0.15) is 6.92 Å². The van der Waals surface area contributed by atoms with Crippen LogP contribution in [-0.2, 0) is 9.59 Å². The van der Waals surface area contributed by atoms with Crippen molar-refractivity contribution >= 4 is 58.1 Å². The van der Waals surface area contributed by atoms with E-state index in [9.17, 15) is 9.59 Å². The SMILES string of the molecule is CC1(C(=O)Nc2ncc(Cl)cc2Cl)Oc2ccc(Cl)cc2NC1=O. The number of ether oxygens (including phenoxy) is 1. The molecule has 1 unspecified atom stereocenters. The van der Waals surface area contributed by atoms with Crippen molar-refractivity contribution in [3.8, 4) is 5.75 Å². The zero-order valence-corrected chi connectivity index (χ0v) is 14.5. The average Bonchev–Trinajstić information content (AvgIpc) is 2.51. The van der Waals surface area contributed by atoms with E-state index >= 15 is 0 Å². The molecule has 24 heavy (non-hydrogen) atoms.